The highest BCUT2D eigenvalue weighted by atomic mass is 16.6. The minimum atomic E-state index is -0.821. The Balaban J connectivity index is 4.37. The first kappa shape index (κ1) is 45.8. The highest BCUT2D eigenvalue weighted by molar-refractivity contribution is 4.70. The van der Waals surface area contributed by atoms with Crippen LogP contribution in [0.1, 0.15) is 185 Å². The van der Waals surface area contributed by atoms with Crippen LogP contribution in [0.15, 0.2) is 0 Å². The number of nitro groups is 2. The lowest BCUT2D eigenvalue weighted by Crippen LogP contribution is -2.37. The average molecular weight is 669 g/mol. The van der Waals surface area contributed by atoms with E-state index in [1.165, 1.54) is 77.0 Å². The van der Waals surface area contributed by atoms with Gasteiger partial charge in [-0.3, -0.25) is 20.2 Å². The van der Waals surface area contributed by atoms with E-state index in [1.807, 2.05) is 13.8 Å². The number of rotatable bonds is 32. The summed E-state index contributed by atoms with van der Waals surface area (Å²) in [4.78, 5) is 23.3. The molecule has 0 rings (SSSR count). The molecule has 0 saturated heterocycles. The Kier molecular flexibility index (Phi) is 26.8. The predicted molar refractivity (Wildman–Crippen MR) is 200 cm³/mol. The molecule has 0 aliphatic heterocycles. The third kappa shape index (κ3) is 25.4. The van der Waals surface area contributed by atoms with Crippen LogP contribution in [0.2, 0.25) is 0 Å². The van der Waals surface area contributed by atoms with Gasteiger partial charge in [-0.1, -0.05) is 172 Å². The number of ether oxygens (including phenoxy) is 1. The molecule has 8 atom stereocenters. The summed E-state index contributed by atoms with van der Waals surface area (Å²) >= 11 is 0. The second-order valence-corrected chi connectivity index (χ2v) is 17.0. The second kappa shape index (κ2) is 27.6. The molecule has 0 saturated carbocycles. The van der Waals surface area contributed by atoms with Gasteiger partial charge in [-0.25, -0.2) is 0 Å². The fourth-order valence-electron chi connectivity index (χ4n) is 7.09. The Morgan fingerprint density at radius 1 is 0.404 bits per heavy atom. The molecule has 0 N–H and O–H groups in total. The Bertz CT molecular complexity index is 714. The van der Waals surface area contributed by atoms with Crippen LogP contribution in [0.25, 0.3) is 0 Å². The molecule has 280 valence electrons. The first-order valence-corrected chi connectivity index (χ1v) is 20.0. The molecule has 0 aromatic carbocycles. The van der Waals surface area contributed by atoms with E-state index in [1.54, 1.807) is 0 Å². The van der Waals surface area contributed by atoms with Crippen LogP contribution in [0.4, 0.5) is 0 Å². The van der Waals surface area contributed by atoms with Crippen LogP contribution < -0.4 is 0 Å². The van der Waals surface area contributed by atoms with Gasteiger partial charge < -0.3 is 4.74 Å². The molecule has 0 aliphatic rings. The van der Waals surface area contributed by atoms with Crippen molar-refractivity contribution in [2.24, 2.45) is 47.3 Å². The smallest absolute Gasteiger partial charge is 0.238 e. The Hall–Kier alpha value is -1.24. The normalized spacial score (nSPS) is 17.3. The maximum absolute atomic E-state index is 11.9. The third-order valence-corrected chi connectivity index (χ3v) is 10.9. The molecule has 0 fully saturated rings. The van der Waals surface area contributed by atoms with Gasteiger partial charge in [0.25, 0.3) is 0 Å². The third-order valence-electron chi connectivity index (χ3n) is 10.9. The minimum absolute atomic E-state index is 0.0532. The lowest BCUT2D eigenvalue weighted by atomic mass is 9.90. The molecule has 0 radical (unpaired) electrons. The van der Waals surface area contributed by atoms with Gasteiger partial charge in [-0.15, -0.1) is 0 Å². The van der Waals surface area contributed by atoms with Crippen molar-refractivity contribution in [1.29, 1.82) is 0 Å². The summed E-state index contributed by atoms with van der Waals surface area (Å²) in [5.41, 5.74) is 0. The average Bonchev–Trinajstić information content (AvgIpc) is 2.96. The van der Waals surface area contributed by atoms with Crippen molar-refractivity contribution in [1.82, 2.24) is 0 Å². The van der Waals surface area contributed by atoms with Gasteiger partial charge in [0.2, 0.25) is 12.1 Å². The van der Waals surface area contributed by atoms with Crippen molar-refractivity contribution >= 4 is 0 Å². The van der Waals surface area contributed by atoms with Crippen LogP contribution in [0.5, 0.6) is 0 Å². The van der Waals surface area contributed by atoms with Crippen molar-refractivity contribution in [3.05, 3.63) is 20.2 Å². The van der Waals surface area contributed by atoms with Crippen molar-refractivity contribution in [2.45, 2.75) is 197 Å². The van der Waals surface area contributed by atoms with Gasteiger partial charge in [0.1, 0.15) is 13.2 Å². The van der Waals surface area contributed by atoms with Crippen LogP contribution in [0.3, 0.4) is 0 Å². The van der Waals surface area contributed by atoms with Crippen molar-refractivity contribution in [3.8, 4) is 0 Å². The highest BCUT2D eigenvalue weighted by Crippen LogP contribution is 2.25. The number of nitrogens with zero attached hydrogens (tertiary/aromatic N) is 2. The molecule has 0 aliphatic carbocycles. The van der Waals surface area contributed by atoms with Gasteiger partial charge in [0.15, 0.2) is 0 Å². The van der Waals surface area contributed by atoms with Gasteiger partial charge in [-0.2, -0.15) is 0 Å². The van der Waals surface area contributed by atoms with Gasteiger partial charge in [0.05, 0.1) is 0 Å². The number of hydrogen-bond donors (Lipinski definition) is 0. The lowest BCUT2D eigenvalue weighted by molar-refractivity contribution is -0.546. The summed E-state index contributed by atoms with van der Waals surface area (Å²) in [6.07, 6.45) is 21.2. The molecule has 0 amide bonds. The Morgan fingerprint density at radius 3 is 0.872 bits per heavy atom. The molecule has 7 heteroatoms. The predicted octanol–water partition coefficient (Wildman–Crippen LogP) is 12.4. The standard InChI is InChI=1S/C40H80N2O5/c1-31(2)17-11-19-33(5)21-13-23-35(7)25-15-27-37(9)39(41(43)44)29-47-30-40(42(45)46)38(10)28-16-26-36(8)24-14-22-34(6)20-12-18-32(3)4/h31-40H,11-30H2,1-10H3. The molecule has 8 unspecified atom stereocenters. The molecule has 0 aromatic heterocycles. The second-order valence-electron chi connectivity index (χ2n) is 17.0. The fraction of sp³-hybridized carbons (Fsp3) is 1.00. The summed E-state index contributed by atoms with van der Waals surface area (Å²) in [6, 6.07) is -1.64. The quantitative estimate of drug-likeness (QED) is 0.0525. The zero-order valence-corrected chi connectivity index (χ0v) is 32.9. The van der Waals surface area contributed by atoms with Gasteiger partial charge in [-0.05, 0) is 48.3 Å². The SMILES string of the molecule is CC(C)CCCC(C)CCCC(C)CCCC(C)C(COCC(C(C)CCCC(C)CCCC(C)CCCC(C)C)[N+](=O)[O-])[N+](=O)[O-]. The molecule has 0 heterocycles. The van der Waals surface area contributed by atoms with Gasteiger partial charge in [0, 0.05) is 21.7 Å². The van der Waals surface area contributed by atoms with Crippen molar-refractivity contribution < 1.29 is 14.6 Å². The van der Waals surface area contributed by atoms with E-state index in [4.69, 9.17) is 4.74 Å². The number of hydrogen-bond acceptors (Lipinski definition) is 5. The van der Waals surface area contributed by atoms with E-state index in [0.717, 1.165) is 62.2 Å². The maximum atomic E-state index is 11.9. The largest absolute Gasteiger partial charge is 0.367 e. The molecule has 0 bridgehead atoms. The summed E-state index contributed by atoms with van der Waals surface area (Å²) < 4.78 is 5.73. The van der Waals surface area contributed by atoms with Gasteiger partial charge >= 0.3 is 0 Å². The van der Waals surface area contributed by atoms with Crippen LogP contribution in [0, 0.1) is 67.6 Å². The van der Waals surface area contributed by atoms with E-state index in [0.29, 0.717) is 11.8 Å². The van der Waals surface area contributed by atoms with E-state index in [-0.39, 0.29) is 34.9 Å². The molecular formula is C40H80N2O5. The summed E-state index contributed by atoms with van der Waals surface area (Å²) in [5, 5.41) is 23.8. The van der Waals surface area contributed by atoms with Crippen molar-refractivity contribution in [2.75, 3.05) is 13.2 Å². The zero-order chi connectivity index (χ0) is 35.8. The molecule has 7 nitrogen and oxygen atoms in total. The van der Waals surface area contributed by atoms with Crippen LogP contribution >= 0.6 is 0 Å². The molecule has 0 aromatic rings. The fourth-order valence-corrected chi connectivity index (χ4v) is 7.09. The minimum Gasteiger partial charge on any atom is -0.367 e. The summed E-state index contributed by atoms with van der Waals surface area (Å²) in [6.45, 7) is 22.3. The van der Waals surface area contributed by atoms with Crippen molar-refractivity contribution in [3.63, 3.8) is 0 Å². The van der Waals surface area contributed by atoms with E-state index < -0.39 is 12.1 Å². The van der Waals surface area contributed by atoms with E-state index >= 15 is 0 Å². The molecule has 0 spiro atoms. The first-order chi connectivity index (χ1) is 22.1. The van der Waals surface area contributed by atoms with E-state index in [2.05, 4.69) is 55.4 Å². The molecule has 47 heavy (non-hydrogen) atoms. The monoisotopic (exact) mass is 669 g/mol. The highest BCUT2D eigenvalue weighted by Gasteiger charge is 2.32. The maximum Gasteiger partial charge on any atom is 0.238 e. The molecular weight excluding hydrogens is 588 g/mol. The zero-order valence-electron chi connectivity index (χ0n) is 32.9. The Labute approximate surface area is 291 Å². The van der Waals surface area contributed by atoms with Crippen LogP contribution in [-0.4, -0.2) is 35.1 Å². The van der Waals surface area contributed by atoms with E-state index in [9.17, 15) is 20.2 Å². The Morgan fingerprint density at radius 2 is 0.638 bits per heavy atom. The summed E-state index contributed by atoms with van der Waals surface area (Å²) in [7, 11) is 0. The first-order valence-electron chi connectivity index (χ1n) is 20.0. The summed E-state index contributed by atoms with van der Waals surface area (Å²) in [5.74, 6) is 4.20. The lowest BCUT2D eigenvalue weighted by Gasteiger charge is -2.21. The topological polar surface area (TPSA) is 95.5 Å². The van der Waals surface area contributed by atoms with Crippen LogP contribution in [-0.2, 0) is 4.74 Å².